The van der Waals surface area contributed by atoms with Crippen LogP contribution in [0.15, 0.2) is 83.0 Å². The second-order valence-corrected chi connectivity index (χ2v) is 12.9. The molecule has 3 aromatic heterocycles. The highest BCUT2D eigenvalue weighted by atomic mass is 32.2. The van der Waals surface area contributed by atoms with Crippen LogP contribution in [0.25, 0.3) is 16.6 Å². The fraction of sp³-hybridized carbons (Fsp3) is 0.286. The van der Waals surface area contributed by atoms with Crippen molar-refractivity contribution >= 4 is 44.5 Å². The number of aryl methyl sites for hydroxylation is 2. The predicted molar refractivity (Wildman–Crippen MR) is 162 cm³/mol. The second-order valence-electron chi connectivity index (χ2n) is 11.0. The van der Waals surface area contributed by atoms with E-state index >= 15 is 0 Å². The summed E-state index contributed by atoms with van der Waals surface area (Å²) in [6, 6.07) is 17.2. The van der Waals surface area contributed by atoms with E-state index in [0.29, 0.717) is 25.1 Å². The quantitative estimate of drug-likeness (QED) is 0.272. The lowest BCUT2D eigenvalue weighted by atomic mass is 9.49. The summed E-state index contributed by atoms with van der Waals surface area (Å²) in [6.45, 7) is 2.66. The van der Waals surface area contributed by atoms with Crippen molar-refractivity contribution in [3.63, 3.8) is 0 Å². The Morgan fingerprint density at radius 2 is 1.79 bits per heavy atom. The van der Waals surface area contributed by atoms with E-state index in [4.69, 9.17) is 23.5 Å². The van der Waals surface area contributed by atoms with E-state index in [1.807, 2.05) is 31.2 Å². The van der Waals surface area contributed by atoms with E-state index in [1.54, 1.807) is 24.0 Å². The Morgan fingerprint density at radius 3 is 2.48 bits per heavy atom. The number of rotatable bonds is 7. The Kier molecular flexibility index (Phi) is 6.81. The molecule has 1 saturated heterocycles. The highest BCUT2D eigenvalue weighted by Gasteiger charge is 2.45. The molecule has 0 aliphatic carbocycles. The first-order valence-electron chi connectivity index (χ1n) is 13.4. The van der Waals surface area contributed by atoms with Crippen LogP contribution in [0.3, 0.4) is 0 Å². The fourth-order valence-corrected chi connectivity index (χ4v) is 7.34. The third kappa shape index (κ3) is 4.92. The van der Waals surface area contributed by atoms with Crippen molar-refractivity contribution in [2.24, 2.45) is 7.05 Å². The molecule has 1 atom stereocenters. The van der Waals surface area contributed by atoms with E-state index < -0.39 is 26.2 Å². The number of fused-ring (bicyclic) bond motifs is 1. The number of hydrogen-bond acceptors (Lipinski definition) is 6. The minimum Gasteiger partial charge on any atom is -0.333 e. The Morgan fingerprint density at radius 1 is 1.02 bits per heavy atom. The first-order valence-corrected chi connectivity index (χ1v) is 14.8. The van der Waals surface area contributed by atoms with Gasteiger partial charge in [-0.25, -0.2) is 13.1 Å². The van der Waals surface area contributed by atoms with Gasteiger partial charge >= 0.3 is 0 Å². The van der Waals surface area contributed by atoms with Crippen molar-refractivity contribution in [2.75, 3.05) is 13.1 Å². The molecule has 206 valence electrons. The summed E-state index contributed by atoms with van der Waals surface area (Å²) >= 11 is 0. The number of pyridine rings is 1. The van der Waals surface area contributed by atoms with E-state index in [9.17, 15) is 13.2 Å². The number of benzene rings is 2. The Balaban J connectivity index is 1.44. The van der Waals surface area contributed by atoms with Crippen molar-refractivity contribution in [1.29, 1.82) is 0 Å². The zero-order valence-corrected chi connectivity index (χ0v) is 24.1. The molecule has 14 heteroatoms. The van der Waals surface area contributed by atoms with Crippen LogP contribution in [0.4, 0.5) is 0 Å². The summed E-state index contributed by atoms with van der Waals surface area (Å²) in [6.07, 6.45) is 5.77. The molecule has 6 rings (SSSR count). The molecular formula is C28H26B3N7O3S. The van der Waals surface area contributed by atoms with Gasteiger partial charge in [0.2, 0.25) is 10.6 Å². The van der Waals surface area contributed by atoms with Crippen LogP contribution in [0.5, 0.6) is 0 Å². The molecule has 2 aromatic carbocycles. The average molecular weight is 573 g/mol. The molecule has 0 amide bonds. The van der Waals surface area contributed by atoms with Crippen molar-refractivity contribution in [1.82, 2.24) is 33.6 Å². The first-order chi connectivity index (χ1) is 19.9. The van der Waals surface area contributed by atoms with Crippen LogP contribution in [-0.2, 0) is 34.1 Å². The Labute approximate surface area is 247 Å². The van der Waals surface area contributed by atoms with Crippen LogP contribution in [0.2, 0.25) is 0 Å². The minimum absolute atomic E-state index is 0.0632. The van der Waals surface area contributed by atoms with Gasteiger partial charge in [0.05, 0.1) is 47.1 Å². The second kappa shape index (κ2) is 10.1. The third-order valence-electron chi connectivity index (χ3n) is 7.93. The molecule has 5 aromatic rings. The van der Waals surface area contributed by atoms with Gasteiger partial charge in [-0.15, -0.1) is 5.10 Å². The zero-order chi connectivity index (χ0) is 29.9. The smallest absolute Gasteiger partial charge is 0.264 e. The average Bonchev–Trinajstić information content (AvgIpc) is 3.68. The monoisotopic (exact) mass is 573 g/mol. The molecule has 10 nitrogen and oxygen atoms in total. The fourth-order valence-electron chi connectivity index (χ4n) is 5.92. The maximum Gasteiger partial charge on any atom is 0.264 e. The third-order valence-corrected chi connectivity index (χ3v) is 9.64. The maximum atomic E-state index is 13.5. The first kappa shape index (κ1) is 28.2. The lowest BCUT2D eigenvalue weighted by Gasteiger charge is -2.32. The highest BCUT2D eigenvalue weighted by Crippen LogP contribution is 2.42. The summed E-state index contributed by atoms with van der Waals surface area (Å²) in [5.41, 5.74) is 3.57. The molecule has 0 N–H and O–H groups in total. The molecule has 1 aliphatic rings. The highest BCUT2D eigenvalue weighted by molar-refractivity contribution is 7.89. The van der Waals surface area contributed by atoms with Gasteiger partial charge in [-0.3, -0.25) is 4.79 Å². The maximum absolute atomic E-state index is 13.5. The van der Waals surface area contributed by atoms with E-state index in [0.717, 1.165) is 32.2 Å². The van der Waals surface area contributed by atoms with Gasteiger partial charge in [0, 0.05) is 43.2 Å². The van der Waals surface area contributed by atoms with Crippen molar-refractivity contribution in [2.45, 2.75) is 35.4 Å². The van der Waals surface area contributed by atoms with Gasteiger partial charge in [0.1, 0.15) is 0 Å². The molecule has 1 unspecified atom stereocenters. The van der Waals surface area contributed by atoms with Crippen LogP contribution in [0.1, 0.15) is 23.1 Å². The molecule has 1 fully saturated rings. The number of aromatic nitrogens is 6. The standard InChI is InChI=1S/C28H26B3N7O3S/c1-19-12-24-21(15-33-38(24)22-8-9-26(39)37(17-22)28(29,30)31)13-23(19)27(14-20-6-4-3-5-7-20)10-11-36(18-27)42(40,41)25-16-32-35(2)34-25/h3-9,12-13,15-17H,10-11,14,18H2,1-2H3. The molecule has 6 radical (unpaired) electrons. The normalized spacial score (nSPS) is 18.1. The number of nitrogens with zero attached hydrogens (tertiary/aromatic N) is 7. The predicted octanol–water partition coefficient (Wildman–Crippen LogP) is 1.27. The van der Waals surface area contributed by atoms with Gasteiger partial charge < -0.3 is 4.57 Å². The lowest BCUT2D eigenvalue weighted by Crippen LogP contribution is -2.42. The molecule has 4 heterocycles. The van der Waals surface area contributed by atoms with Crippen molar-refractivity contribution in [3.8, 4) is 5.69 Å². The van der Waals surface area contributed by atoms with Gasteiger partial charge in [0.25, 0.3) is 10.0 Å². The minimum atomic E-state index is -3.83. The van der Waals surface area contributed by atoms with Gasteiger partial charge in [-0.05, 0) is 54.7 Å². The van der Waals surface area contributed by atoms with Crippen LogP contribution in [0, 0.1) is 6.92 Å². The summed E-state index contributed by atoms with van der Waals surface area (Å²) in [5.74, 6) is 0. The lowest BCUT2D eigenvalue weighted by molar-refractivity contribution is 0.412. The summed E-state index contributed by atoms with van der Waals surface area (Å²) < 4.78 is 31.3. The molecule has 42 heavy (non-hydrogen) atoms. The van der Waals surface area contributed by atoms with Gasteiger partial charge in [-0.2, -0.15) is 19.3 Å². The van der Waals surface area contributed by atoms with Gasteiger partial charge in [0.15, 0.2) is 0 Å². The van der Waals surface area contributed by atoms with E-state index in [1.165, 1.54) is 27.6 Å². The van der Waals surface area contributed by atoms with E-state index in [-0.39, 0.29) is 11.6 Å². The van der Waals surface area contributed by atoms with Crippen LogP contribution < -0.4 is 5.56 Å². The summed E-state index contributed by atoms with van der Waals surface area (Å²) in [5, 5.41) is 11.5. The summed E-state index contributed by atoms with van der Waals surface area (Å²) in [4.78, 5) is 13.6. The largest absolute Gasteiger partial charge is 0.333 e. The molecular weight excluding hydrogens is 547 g/mol. The Bertz CT molecular complexity index is 1970. The topological polar surface area (TPSA) is 108 Å². The van der Waals surface area contributed by atoms with Gasteiger partial charge in [-0.1, -0.05) is 35.6 Å². The Hall–Kier alpha value is -3.90. The van der Waals surface area contributed by atoms with Crippen molar-refractivity contribution < 1.29 is 8.42 Å². The molecule has 1 aliphatic heterocycles. The number of sulfonamides is 1. The molecule has 0 saturated carbocycles. The SMILES string of the molecule is [B]C([B])([B])n1cc(-n2ncc3cc(C4(Cc5ccccc5)CCN(S(=O)(=O)c5cnn(C)n5)C4)c(C)cc32)ccc1=O. The molecule has 0 bridgehead atoms. The van der Waals surface area contributed by atoms with E-state index in [2.05, 4.69) is 33.5 Å². The van der Waals surface area contributed by atoms with Crippen LogP contribution in [-0.4, -0.2) is 78.7 Å². The number of hydrogen-bond donors (Lipinski definition) is 0. The summed E-state index contributed by atoms with van der Waals surface area (Å²) in [7, 11) is 15.2. The van der Waals surface area contributed by atoms with Crippen LogP contribution >= 0.6 is 0 Å². The molecule has 0 spiro atoms. The van der Waals surface area contributed by atoms with Crippen molar-refractivity contribution in [3.05, 3.63) is 100 Å². The zero-order valence-electron chi connectivity index (χ0n) is 23.3.